The third kappa shape index (κ3) is 2.93. The van der Waals surface area contributed by atoms with Crippen molar-refractivity contribution in [1.82, 2.24) is 9.55 Å². The summed E-state index contributed by atoms with van der Waals surface area (Å²) in [5.74, 6) is 0.492. The van der Waals surface area contributed by atoms with Crippen molar-refractivity contribution in [2.24, 2.45) is 0 Å². The lowest BCUT2D eigenvalue weighted by atomic mass is 9.99. The number of halogens is 3. The second kappa shape index (κ2) is 5.76. The van der Waals surface area contributed by atoms with Crippen molar-refractivity contribution in [3.05, 3.63) is 53.9 Å². The van der Waals surface area contributed by atoms with Crippen LogP contribution in [0.3, 0.4) is 0 Å². The Balaban J connectivity index is 1.82. The van der Waals surface area contributed by atoms with Crippen molar-refractivity contribution >= 4 is 10.9 Å². The SMILES string of the molecule is CCC1(c2cccc(-n3c(C)cc4ccc(OC(F)(F)F)cc43)n2)CC1. The average molecular weight is 360 g/mol. The van der Waals surface area contributed by atoms with Crippen LogP contribution in [0.25, 0.3) is 16.7 Å². The molecule has 0 spiro atoms. The van der Waals surface area contributed by atoms with Crippen molar-refractivity contribution in [2.75, 3.05) is 0 Å². The van der Waals surface area contributed by atoms with Crippen LogP contribution in [0.2, 0.25) is 0 Å². The largest absolute Gasteiger partial charge is 0.573 e. The van der Waals surface area contributed by atoms with Crippen LogP contribution in [-0.2, 0) is 5.41 Å². The zero-order chi connectivity index (χ0) is 18.5. The van der Waals surface area contributed by atoms with Crippen LogP contribution in [0, 0.1) is 6.92 Å². The number of hydrogen-bond acceptors (Lipinski definition) is 2. The number of rotatable bonds is 4. The molecular formula is C20H19F3N2O. The molecule has 136 valence electrons. The summed E-state index contributed by atoms with van der Waals surface area (Å²) in [4.78, 5) is 4.84. The van der Waals surface area contributed by atoms with Crippen LogP contribution in [0.5, 0.6) is 5.75 Å². The van der Waals surface area contributed by atoms with Gasteiger partial charge in [-0.3, -0.25) is 4.57 Å². The van der Waals surface area contributed by atoms with E-state index in [4.69, 9.17) is 4.98 Å². The van der Waals surface area contributed by atoms with E-state index in [0.717, 1.165) is 41.9 Å². The molecule has 0 aliphatic heterocycles. The molecule has 1 saturated carbocycles. The molecule has 2 aromatic heterocycles. The molecule has 2 heterocycles. The smallest absolute Gasteiger partial charge is 0.406 e. The number of hydrogen-bond donors (Lipinski definition) is 0. The van der Waals surface area contributed by atoms with E-state index in [1.807, 2.05) is 35.8 Å². The van der Waals surface area contributed by atoms with Crippen LogP contribution in [0.4, 0.5) is 13.2 Å². The van der Waals surface area contributed by atoms with Crippen molar-refractivity contribution in [3.8, 4) is 11.6 Å². The highest BCUT2D eigenvalue weighted by atomic mass is 19.4. The number of benzene rings is 1. The van der Waals surface area contributed by atoms with E-state index in [0.29, 0.717) is 5.52 Å². The minimum absolute atomic E-state index is 0.164. The number of pyridine rings is 1. The fourth-order valence-electron chi connectivity index (χ4n) is 3.60. The van der Waals surface area contributed by atoms with Gasteiger partial charge in [0.05, 0.1) is 5.52 Å². The Kier molecular flexibility index (Phi) is 3.75. The highest BCUT2D eigenvalue weighted by Crippen LogP contribution is 2.50. The summed E-state index contributed by atoms with van der Waals surface area (Å²) in [5.41, 5.74) is 2.78. The second-order valence-electron chi connectivity index (χ2n) is 6.90. The molecule has 3 aromatic rings. The number of aryl methyl sites for hydroxylation is 1. The Morgan fingerprint density at radius 1 is 1.15 bits per heavy atom. The molecule has 0 N–H and O–H groups in total. The molecule has 6 heteroatoms. The van der Waals surface area contributed by atoms with Crippen molar-refractivity contribution in [1.29, 1.82) is 0 Å². The Hall–Kier alpha value is -2.50. The van der Waals surface area contributed by atoms with Gasteiger partial charge >= 0.3 is 6.36 Å². The fraction of sp³-hybridized carbons (Fsp3) is 0.350. The molecule has 1 aromatic carbocycles. The normalized spacial score (nSPS) is 16.0. The lowest BCUT2D eigenvalue weighted by Gasteiger charge is -2.15. The van der Waals surface area contributed by atoms with Crippen LogP contribution >= 0.6 is 0 Å². The van der Waals surface area contributed by atoms with E-state index < -0.39 is 6.36 Å². The standard InChI is InChI=1S/C20H19F3N2O/c1-3-19(9-10-19)17-5-4-6-18(24-17)25-13(2)11-14-7-8-15(12-16(14)25)26-20(21,22)23/h4-8,11-12H,3,9-10H2,1-2H3. The van der Waals surface area contributed by atoms with Crippen molar-refractivity contribution in [3.63, 3.8) is 0 Å². The van der Waals surface area contributed by atoms with Crippen molar-refractivity contribution < 1.29 is 17.9 Å². The quantitative estimate of drug-likeness (QED) is 0.599. The van der Waals surface area contributed by atoms with Gasteiger partial charge < -0.3 is 4.74 Å². The van der Waals surface area contributed by atoms with Gasteiger partial charge in [0.25, 0.3) is 0 Å². The molecule has 1 aliphatic carbocycles. The van der Waals surface area contributed by atoms with Crippen molar-refractivity contribution in [2.45, 2.75) is 44.9 Å². The second-order valence-corrected chi connectivity index (χ2v) is 6.90. The van der Waals surface area contributed by atoms with Gasteiger partial charge in [-0.05, 0) is 56.5 Å². The zero-order valence-electron chi connectivity index (χ0n) is 14.6. The molecule has 1 aliphatic rings. The van der Waals surface area contributed by atoms with E-state index in [1.54, 1.807) is 6.07 Å². The van der Waals surface area contributed by atoms with E-state index >= 15 is 0 Å². The van der Waals surface area contributed by atoms with Crippen LogP contribution < -0.4 is 4.74 Å². The first-order valence-electron chi connectivity index (χ1n) is 8.67. The maximum absolute atomic E-state index is 12.6. The van der Waals surface area contributed by atoms with Gasteiger partial charge in [-0.15, -0.1) is 13.2 Å². The predicted octanol–water partition coefficient (Wildman–Crippen LogP) is 5.67. The summed E-state index contributed by atoms with van der Waals surface area (Å²) in [6.07, 6.45) is -1.40. The van der Waals surface area contributed by atoms with Crippen LogP contribution in [0.1, 0.15) is 37.6 Å². The van der Waals surface area contributed by atoms with E-state index in [1.165, 1.54) is 12.1 Å². The molecular weight excluding hydrogens is 341 g/mol. The minimum Gasteiger partial charge on any atom is -0.406 e. The average Bonchev–Trinajstić information content (AvgIpc) is 3.31. The molecule has 26 heavy (non-hydrogen) atoms. The summed E-state index contributed by atoms with van der Waals surface area (Å²) in [5, 5.41) is 0.848. The highest BCUT2D eigenvalue weighted by molar-refractivity contribution is 5.84. The molecule has 0 atom stereocenters. The Morgan fingerprint density at radius 2 is 1.92 bits per heavy atom. The van der Waals surface area contributed by atoms with Crippen LogP contribution in [0.15, 0.2) is 42.5 Å². The molecule has 0 radical (unpaired) electrons. The Labute approximate surface area is 149 Å². The third-order valence-corrected chi connectivity index (χ3v) is 5.23. The summed E-state index contributed by atoms with van der Waals surface area (Å²) in [7, 11) is 0. The first-order valence-corrected chi connectivity index (χ1v) is 8.67. The molecule has 0 bridgehead atoms. The summed E-state index contributed by atoms with van der Waals surface area (Å²) < 4.78 is 43.6. The van der Waals surface area contributed by atoms with E-state index in [9.17, 15) is 13.2 Å². The number of ether oxygens (including phenoxy) is 1. The summed E-state index contributed by atoms with van der Waals surface area (Å²) in [6, 6.07) is 12.2. The Bertz CT molecular complexity index is 971. The number of aromatic nitrogens is 2. The van der Waals surface area contributed by atoms with Gasteiger partial charge in [-0.2, -0.15) is 0 Å². The molecule has 0 unspecified atom stereocenters. The first-order chi connectivity index (χ1) is 12.3. The minimum atomic E-state index is -4.71. The predicted molar refractivity (Wildman–Crippen MR) is 93.7 cm³/mol. The van der Waals surface area contributed by atoms with Crippen LogP contribution in [-0.4, -0.2) is 15.9 Å². The maximum Gasteiger partial charge on any atom is 0.573 e. The van der Waals surface area contributed by atoms with Gasteiger partial charge in [-0.25, -0.2) is 4.98 Å². The first kappa shape index (κ1) is 16.9. The third-order valence-electron chi connectivity index (χ3n) is 5.23. The lowest BCUT2D eigenvalue weighted by Crippen LogP contribution is -2.17. The zero-order valence-corrected chi connectivity index (χ0v) is 14.6. The summed E-state index contributed by atoms with van der Waals surface area (Å²) in [6.45, 7) is 4.09. The van der Waals surface area contributed by atoms with Gasteiger partial charge in [0.15, 0.2) is 0 Å². The molecule has 3 nitrogen and oxygen atoms in total. The topological polar surface area (TPSA) is 27.1 Å². The highest BCUT2D eigenvalue weighted by Gasteiger charge is 2.43. The number of alkyl halides is 3. The number of fused-ring (bicyclic) bond motifs is 1. The Morgan fingerprint density at radius 3 is 2.58 bits per heavy atom. The lowest BCUT2D eigenvalue weighted by molar-refractivity contribution is -0.274. The van der Waals surface area contributed by atoms with Gasteiger partial charge in [0.1, 0.15) is 11.6 Å². The molecule has 0 saturated heterocycles. The fourth-order valence-corrected chi connectivity index (χ4v) is 3.60. The van der Waals surface area contributed by atoms with Gasteiger partial charge in [-0.1, -0.05) is 13.0 Å². The van der Waals surface area contributed by atoms with Gasteiger partial charge in [0.2, 0.25) is 0 Å². The van der Waals surface area contributed by atoms with Gasteiger partial charge in [0, 0.05) is 28.3 Å². The summed E-state index contributed by atoms with van der Waals surface area (Å²) >= 11 is 0. The molecule has 4 rings (SSSR count). The number of nitrogens with zero attached hydrogens (tertiary/aromatic N) is 2. The van der Waals surface area contributed by atoms with E-state index in [2.05, 4.69) is 11.7 Å². The maximum atomic E-state index is 12.6. The van der Waals surface area contributed by atoms with E-state index in [-0.39, 0.29) is 11.2 Å². The monoisotopic (exact) mass is 360 g/mol. The molecule has 1 fully saturated rings. The molecule has 0 amide bonds.